The molecule has 0 radical (unpaired) electrons. The highest BCUT2D eigenvalue weighted by molar-refractivity contribution is 6.35. The molecule has 0 unspecified atom stereocenters. The smallest absolute Gasteiger partial charge is 0.180 e. The number of hydrogen-bond acceptors (Lipinski definition) is 4. The maximum absolute atomic E-state index is 9.61. The van der Waals surface area contributed by atoms with E-state index in [4.69, 9.17) is 49.0 Å². The number of allylic oxidation sites excluding steroid dienone is 1. The minimum Gasteiger partial charge on any atom is -0.497 e. The van der Waals surface area contributed by atoms with Crippen molar-refractivity contribution in [2.75, 3.05) is 14.2 Å². The molecule has 0 bridgehead atoms. The van der Waals surface area contributed by atoms with Gasteiger partial charge in [-0.3, -0.25) is 0 Å². The standard InChI is InChI=1S/C24H18Cl3NO3/c1-29-20-7-4-16(5-8-20)18(13-28)9-15-10-22(27)24(23(11-15)30-2)31-14-17-3-6-19(25)12-21(17)26/h3-12H,14H2,1-2H3/b18-9+. The summed E-state index contributed by atoms with van der Waals surface area (Å²) < 4.78 is 16.5. The molecule has 158 valence electrons. The Bertz CT molecular complexity index is 1150. The minimum atomic E-state index is 0.191. The third kappa shape index (κ3) is 5.65. The van der Waals surface area contributed by atoms with Gasteiger partial charge in [0.05, 0.1) is 30.9 Å². The van der Waals surface area contributed by atoms with E-state index in [9.17, 15) is 5.26 Å². The molecule has 0 N–H and O–H groups in total. The Labute approximate surface area is 196 Å². The molecule has 0 atom stereocenters. The summed E-state index contributed by atoms with van der Waals surface area (Å²) in [4.78, 5) is 0. The van der Waals surface area contributed by atoms with E-state index in [1.165, 1.54) is 7.11 Å². The molecular formula is C24H18Cl3NO3. The van der Waals surface area contributed by atoms with Gasteiger partial charge in [-0.05, 0) is 65.7 Å². The van der Waals surface area contributed by atoms with Crippen LogP contribution in [0.15, 0.2) is 54.6 Å². The summed E-state index contributed by atoms with van der Waals surface area (Å²) in [6, 6.07) is 18.1. The highest BCUT2D eigenvalue weighted by atomic mass is 35.5. The van der Waals surface area contributed by atoms with Gasteiger partial charge < -0.3 is 14.2 Å². The quantitative estimate of drug-likeness (QED) is 0.266. The minimum absolute atomic E-state index is 0.191. The van der Waals surface area contributed by atoms with E-state index in [1.54, 1.807) is 55.7 Å². The summed E-state index contributed by atoms with van der Waals surface area (Å²) in [7, 11) is 3.12. The predicted molar refractivity (Wildman–Crippen MR) is 125 cm³/mol. The summed E-state index contributed by atoms with van der Waals surface area (Å²) in [5, 5.41) is 11.0. The lowest BCUT2D eigenvalue weighted by Gasteiger charge is -2.14. The van der Waals surface area contributed by atoms with Crippen LogP contribution < -0.4 is 14.2 Å². The van der Waals surface area contributed by atoms with Crippen molar-refractivity contribution >= 4 is 46.5 Å². The number of rotatable bonds is 7. The number of halogens is 3. The van der Waals surface area contributed by atoms with Crippen LogP contribution in [0.25, 0.3) is 11.6 Å². The van der Waals surface area contributed by atoms with E-state index < -0.39 is 0 Å². The molecule has 0 spiro atoms. The lowest BCUT2D eigenvalue weighted by atomic mass is 10.0. The molecule has 7 heteroatoms. The molecular weight excluding hydrogens is 457 g/mol. The van der Waals surface area contributed by atoms with Crippen molar-refractivity contribution in [3.63, 3.8) is 0 Å². The molecule has 0 heterocycles. The second-order valence-corrected chi connectivity index (χ2v) is 7.71. The zero-order valence-corrected chi connectivity index (χ0v) is 19.1. The topological polar surface area (TPSA) is 51.5 Å². The highest BCUT2D eigenvalue weighted by Gasteiger charge is 2.14. The van der Waals surface area contributed by atoms with Crippen LogP contribution in [-0.2, 0) is 6.61 Å². The molecule has 31 heavy (non-hydrogen) atoms. The van der Waals surface area contributed by atoms with Gasteiger partial charge in [0.2, 0.25) is 0 Å². The summed E-state index contributed by atoms with van der Waals surface area (Å²) in [5.41, 5.74) is 2.70. The fourth-order valence-corrected chi connectivity index (χ4v) is 3.61. The van der Waals surface area contributed by atoms with Crippen molar-refractivity contribution in [1.29, 1.82) is 5.26 Å². The van der Waals surface area contributed by atoms with Gasteiger partial charge >= 0.3 is 0 Å². The molecule has 0 saturated carbocycles. The molecule has 0 aliphatic rings. The zero-order valence-electron chi connectivity index (χ0n) is 16.8. The Kier molecular flexibility index (Phi) is 7.70. The number of hydrogen-bond donors (Lipinski definition) is 0. The normalized spacial score (nSPS) is 11.0. The Morgan fingerprint density at radius 2 is 1.68 bits per heavy atom. The van der Waals surface area contributed by atoms with E-state index in [2.05, 4.69) is 6.07 Å². The van der Waals surface area contributed by atoms with Crippen molar-refractivity contribution in [3.05, 3.63) is 86.4 Å². The lowest BCUT2D eigenvalue weighted by molar-refractivity contribution is 0.285. The van der Waals surface area contributed by atoms with Crippen LogP contribution in [0.2, 0.25) is 15.1 Å². The first-order chi connectivity index (χ1) is 14.9. The zero-order chi connectivity index (χ0) is 22.4. The van der Waals surface area contributed by atoms with Gasteiger partial charge in [-0.2, -0.15) is 5.26 Å². The molecule has 0 amide bonds. The fraction of sp³-hybridized carbons (Fsp3) is 0.125. The summed E-state index contributed by atoms with van der Waals surface area (Å²) >= 11 is 18.6. The Morgan fingerprint density at radius 3 is 2.29 bits per heavy atom. The van der Waals surface area contributed by atoms with Crippen LogP contribution in [0.5, 0.6) is 17.2 Å². The maximum atomic E-state index is 9.61. The van der Waals surface area contributed by atoms with E-state index in [-0.39, 0.29) is 6.61 Å². The third-order valence-corrected chi connectivity index (χ3v) is 5.34. The van der Waals surface area contributed by atoms with Crippen LogP contribution in [-0.4, -0.2) is 14.2 Å². The number of ether oxygens (including phenoxy) is 3. The van der Waals surface area contributed by atoms with Crippen molar-refractivity contribution < 1.29 is 14.2 Å². The number of benzene rings is 3. The van der Waals surface area contributed by atoms with Crippen LogP contribution >= 0.6 is 34.8 Å². The first kappa shape index (κ1) is 22.8. The predicted octanol–water partition coefficient (Wildman–Crippen LogP) is 7.31. The van der Waals surface area contributed by atoms with Gasteiger partial charge in [0.25, 0.3) is 0 Å². The van der Waals surface area contributed by atoms with Gasteiger partial charge in [0.1, 0.15) is 12.4 Å². The van der Waals surface area contributed by atoms with E-state index in [0.717, 1.165) is 11.1 Å². The van der Waals surface area contributed by atoms with Gasteiger partial charge in [-0.15, -0.1) is 0 Å². The molecule has 3 aromatic carbocycles. The maximum Gasteiger partial charge on any atom is 0.180 e. The number of nitriles is 1. The third-order valence-electron chi connectivity index (χ3n) is 4.47. The van der Waals surface area contributed by atoms with E-state index >= 15 is 0 Å². The van der Waals surface area contributed by atoms with Crippen LogP contribution in [0.4, 0.5) is 0 Å². The van der Waals surface area contributed by atoms with Crippen LogP contribution in [0.1, 0.15) is 16.7 Å². The summed E-state index contributed by atoms with van der Waals surface area (Å²) in [6.45, 7) is 0.191. The fourth-order valence-electron chi connectivity index (χ4n) is 2.87. The molecule has 3 rings (SSSR count). The Balaban J connectivity index is 1.88. The lowest BCUT2D eigenvalue weighted by Crippen LogP contribution is -1.99. The first-order valence-corrected chi connectivity index (χ1v) is 10.3. The van der Waals surface area contributed by atoms with Crippen LogP contribution in [0.3, 0.4) is 0 Å². The Hall–Kier alpha value is -2.84. The van der Waals surface area contributed by atoms with E-state index in [1.807, 2.05) is 12.1 Å². The number of nitrogens with zero attached hydrogens (tertiary/aromatic N) is 1. The van der Waals surface area contributed by atoms with Crippen molar-refractivity contribution in [3.8, 4) is 23.3 Å². The van der Waals surface area contributed by atoms with Gasteiger partial charge in [0.15, 0.2) is 11.5 Å². The monoisotopic (exact) mass is 473 g/mol. The molecule has 3 aromatic rings. The second kappa shape index (κ2) is 10.5. The highest BCUT2D eigenvalue weighted by Crippen LogP contribution is 2.38. The first-order valence-electron chi connectivity index (χ1n) is 9.15. The summed E-state index contributed by atoms with van der Waals surface area (Å²) in [5.74, 6) is 1.54. The average molecular weight is 475 g/mol. The molecule has 4 nitrogen and oxygen atoms in total. The van der Waals surface area contributed by atoms with Crippen molar-refractivity contribution in [2.24, 2.45) is 0 Å². The van der Waals surface area contributed by atoms with E-state index in [0.29, 0.717) is 43.5 Å². The molecule has 0 aliphatic carbocycles. The van der Waals surface area contributed by atoms with Crippen molar-refractivity contribution in [2.45, 2.75) is 6.61 Å². The van der Waals surface area contributed by atoms with Crippen LogP contribution in [0, 0.1) is 11.3 Å². The summed E-state index contributed by atoms with van der Waals surface area (Å²) in [6.07, 6.45) is 1.73. The number of methoxy groups -OCH3 is 2. The van der Waals surface area contributed by atoms with Gasteiger partial charge in [0, 0.05) is 15.6 Å². The van der Waals surface area contributed by atoms with Crippen molar-refractivity contribution in [1.82, 2.24) is 0 Å². The molecule has 0 fully saturated rings. The average Bonchev–Trinajstić information content (AvgIpc) is 2.77. The molecule has 0 aromatic heterocycles. The molecule has 0 aliphatic heterocycles. The van der Waals surface area contributed by atoms with Gasteiger partial charge in [-0.1, -0.05) is 40.9 Å². The SMILES string of the molecule is COc1ccc(/C(C#N)=C/c2cc(Cl)c(OCc3ccc(Cl)cc3Cl)c(OC)c2)cc1. The Morgan fingerprint density at radius 1 is 0.935 bits per heavy atom. The second-order valence-electron chi connectivity index (χ2n) is 6.46. The largest absolute Gasteiger partial charge is 0.497 e. The molecule has 0 saturated heterocycles. The van der Waals surface area contributed by atoms with Gasteiger partial charge in [-0.25, -0.2) is 0 Å².